The van der Waals surface area contributed by atoms with Gasteiger partial charge >= 0.3 is 0 Å². The standard InChI is InChI=1S/C13H10O3S4/c1-6(2)16-11-8(9(14)10(11)15)7-5-19-13(20-7)12-17-3-4-18-12/h3-6H,1-2H3. The second kappa shape index (κ2) is 5.71. The van der Waals surface area contributed by atoms with Crippen molar-refractivity contribution in [1.82, 2.24) is 0 Å². The summed E-state index contributed by atoms with van der Waals surface area (Å²) in [4.78, 5) is 24.2. The lowest BCUT2D eigenvalue weighted by Gasteiger charge is -2.15. The van der Waals surface area contributed by atoms with Gasteiger partial charge in [0.05, 0.1) is 20.1 Å². The molecule has 0 saturated heterocycles. The zero-order valence-electron chi connectivity index (χ0n) is 10.7. The van der Waals surface area contributed by atoms with E-state index in [-0.39, 0.29) is 11.9 Å². The molecule has 0 N–H and O–H groups in total. The van der Waals surface area contributed by atoms with Crippen LogP contribution in [0, 0.1) is 0 Å². The first-order chi connectivity index (χ1) is 9.58. The molecule has 0 fully saturated rings. The van der Waals surface area contributed by atoms with Gasteiger partial charge in [-0.25, -0.2) is 0 Å². The Morgan fingerprint density at radius 1 is 1.00 bits per heavy atom. The highest BCUT2D eigenvalue weighted by atomic mass is 32.2. The molecule has 0 bridgehead atoms. The van der Waals surface area contributed by atoms with Gasteiger partial charge in [0.1, 0.15) is 0 Å². The fourth-order valence-electron chi connectivity index (χ4n) is 1.70. The van der Waals surface area contributed by atoms with Crippen LogP contribution in [0.25, 0.3) is 4.91 Å². The van der Waals surface area contributed by atoms with Crippen LogP contribution in [0.15, 0.2) is 34.3 Å². The molecule has 0 aromatic heterocycles. The van der Waals surface area contributed by atoms with Crippen molar-refractivity contribution in [2.45, 2.75) is 20.0 Å². The number of thioether (sulfide) groups is 4. The maximum Gasteiger partial charge on any atom is 0.268 e. The Morgan fingerprint density at radius 2 is 1.70 bits per heavy atom. The summed E-state index contributed by atoms with van der Waals surface area (Å²) in [5, 5.41) is 6.00. The molecule has 20 heavy (non-hydrogen) atoms. The van der Waals surface area contributed by atoms with Gasteiger partial charge in [-0.15, -0.1) is 0 Å². The summed E-state index contributed by atoms with van der Waals surface area (Å²) in [5.41, 5.74) is -0.499. The highest BCUT2D eigenvalue weighted by molar-refractivity contribution is 8.35. The van der Waals surface area contributed by atoms with Gasteiger partial charge in [-0.2, -0.15) is 0 Å². The van der Waals surface area contributed by atoms with Crippen molar-refractivity contribution in [2.24, 2.45) is 0 Å². The van der Waals surface area contributed by atoms with Crippen molar-refractivity contribution in [3.8, 4) is 5.75 Å². The summed E-state index contributed by atoms with van der Waals surface area (Å²) in [5.74, 6) is 0.223. The van der Waals surface area contributed by atoms with E-state index in [0.717, 1.165) is 9.14 Å². The van der Waals surface area contributed by atoms with E-state index in [9.17, 15) is 9.59 Å². The van der Waals surface area contributed by atoms with Gasteiger partial charge in [-0.1, -0.05) is 47.0 Å². The van der Waals surface area contributed by atoms with Crippen molar-refractivity contribution in [3.05, 3.63) is 50.7 Å². The summed E-state index contributed by atoms with van der Waals surface area (Å²) >= 11 is 6.49. The van der Waals surface area contributed by atoms with Crippen LogP contribution < -0.4 is 15.6 Å². The Hall–Kier alpha value is -0.500. The lowest BCUT2D eigenvalue weighted by molar-refractivity contribution is 0.236. The van der Waals surface area contributed by atoms with E-state index in [4.69, 9.17) is 4.74 Å². The lowest BCUT2D eigenvalue weighted by atomic mass is 10.1. The fraction of sp³-hybridized carbons (Fsp3) is 0.231. The van der Waals surface area contributed by atoms with Gasteiger partial charge in [-0.05, 0) is 30.1 Å². The second-order valence-corrected chi connectivity index (χ2v) is 8.59. The number of hydrogen-bond acceptors (Lipinski definition) is 7. The van der Waals surface area contributed by atoms with E-state index in [1.54, 1.807) is 35.3 Å². The zero-order chi connectivity index (χ0) is 14.3. The SMILES string of the molecule is CC(C)Oc1c(C2=CSC(=C3SC=CS3)S2)c(=O)c1=O. The van der Waals surface area contributed by atoms with E-state index in [2.05, 4.69) is 0 Å². The largest absolute Gasteiger partial charge is 0.486 e. The zero-order valence-corrected chi connectivity index (χ0v) is 13.9. The molecule has 2 aliphatic heterocycles. The van der Waals surface area contributed by atoms with Gasteiger partial charge in [0.15, 0.2) is 5.75 Å². The van der Waals surface area contributed by atoms with Crippen molar-refractivity contribution >= 4 is 52.0 Å². The monoisotopic (exact) mass is 342 g/mol. The van der Waals surface area contributed by atoms with E-state index in [0.29, 0.717) is 5.56 Å². The predicted molar refractivity (Wildman–Crippen MR) is 91.6 cm³/mol. The first-order valence-corrected chi connectivity index (χ1v) is 9.31. The maximum absolute atomic E-state index is 11.8. The van der Waals surface area contributed by atoms with Crippen molar-refractivity contribution in [1.29, 1.82) is 0 Å². The van der Waals surface area contributed by atoms with Crippen molar-refractivity contribution in [2.75, 3.05) is 0 Å². The Bertz CT molecular complexity index is 710. The van der Waals surface area contributed by atoms with E-state index in [1.807, 2.05) is 30.1 Å². The highest BCUT2D eigenvalue weighted by Crippen LogP contribution is 2.56. The van der Waals surface area contributed by atoms with Crippen molar-refractivity contribution in [3.63, 3.8) is 0 Å². The van der Waals surface area contributed by atoms with Crippen LogP contribution in [0.5, 0.6) is 5.75 Å². The quantitative estimate of drug-likeness (QED) is 0.771. The van der Waals surface area contributed by atoms with Gasteiger partial charge in [0.2, 0.25) is 5.43 Å². The summed E-state index contributed by atoms with van der Waals surface area (Å²) in [6.07, 6.45) is -0.111. The molecule has 7 heteroatoms. The molecule has 0 aliphatic carbocycles. The summed E-state index contributed by atoms with van der Waals surface area (Å²) < 4.78 is 7.84. The molecule has 3 rings (SSSR count). The van der Waals surface area contributed by atoms with Crippen LogP contribution in [0.1, 0.15) is 19.4 Å². The highest BCUT2D eigenvalue weighted by Gasteiger charge is 2.30. The Morgan fingerprint density at radius 3 is 2.35 bits per heavy atom. The molecule has 0 amide bonds. The average Bonchev–Trinajstić information content (AvgIpc) is 3.07. The number of hydrogen-bond donors (Lipinski definition) is 0. The van der Waals surface area contributed by atoms with Crippen LogP contribution >= 0.6 is 47.0 Å². The third-order valence-electron chi connectivity index (χ3n) is 2.51. The molecule has 0 saturated carbocycles. The van der Waals surface area contributed by atoms with E-state index in [1.165, 1.54) is 16.0 Å². The van der Waals surface area contributed by atoms with Gasteiger partial charge in [0.25, 0.3) is 5.43 Å². The topological polar surface area (TPSA) is 43.4 Å². The van der Waals surface area contributed by atoms with Gasteiger partial charge in [-0.3, -0.25) is 9.59 Å². The molecule has 2 heterocycles. The predicted octanol–water partition coefficient (Wildman–Crippen LogP) is 3.93. The summed E-state index contributed by atoms with van der Waals surface area (Å²) in [6.45, 7) is 3.69. The molecule has 3 nitrogen and oxygen atoms in total. The van der Waals surface area contributed by atoms with Crippen LogP contribution in [0.4, 0.5) is 0 Å². The molecular weight excluding hydrogens is 332 g/mol. The fourth-order valence-corrected chi connectivity index (χ4v) is 6.20. The Balaban J connectivity index is 1.85. The third kappa shape index (κ3) is 2.52. The van der Waals surface area contributed by atoms with Crippen LogP contribution in [0.2, 0.25) is 0 Å². The third-order valence-corrected chi connectivity index (χ3v) is 7.55. The number of rotatable bonds is 3. The maximum atomic E-state index is 11.8. The number of ether oxygens (including phenoxy) is 1. The lowest BCUT2D eigenvalue weighted by Crippen LogP contribution is -2.37. The van der Waals surface area contributed by atoms with Gasteiger partial charge in [0, 0.05) is 4.91 Å². The molecule has 1 aromatic rings. The van der Waals surface area contributed by atoms with Crippen LogP contribution in [-0.4, -0.2) is 6.10 Å². The minimum atomic E-state index is -0.507. The van der Waals surface area contributed by atoms with Gasteiger partial charge < -0.3 is 4.74 Å². The normalized spacial score (nSPS) is 18.4. The van der Waals surface area contributed by atoms with Crippen LogP contribution in [-0.2, 0) is 0 Å². The summed E-state index contributed by atoms with van der Waals surface area (Å²) in [7, 11) is 0. The first-order valence-electron chi connectivity index (χ1n) is 5.85. The van der Waals surface area contributed by atoms with Crippen LogP contribution in [0.3, 0.4) is 0 Å². The minimum Gasteiger partial charge on any atom is -0.486 e. The molecule has 2 aliphatic rings. The van der Waals surface area contributed by atoms with Crippen molar-refractivity contribution < 1.29 is 4.74 Å². The molecule has 0 atom stereocenters. The smallest absolute Gasteiger partial charge is 0.268 e. The van der Waals surface area contributed by atoms with E-state index < -0.39 is 10.9 Å². The first kappa shape index (κ1) is 14.4. The molecule has 0 radical (unpaired) electrons. The average molecular weight is 342 g/mol. The molecule has 0 spiro atoms. The van der Waals surface area contributed by atoms with E-state index >= 15 is 0 Å². The Labute approximate surface area is 133 Å². The summed E-state index contributed by atoms with van der Waals surface area (Å²) in [6, 6.07) is 0. The molecule has 104 valence electrons. The Kier molecular flexibility index (Phi) is 4.12. The second-order valence-electron chi connectivity index (χ2n) is 4.31. The molecule has 1 aromatic carbocycles. The molecule has 0 unspecified atom stereocenters. The minimum absolute atomic E-state index is 0.111. The molecular formula is C13H10O3S4.